The van der Waals surface area contributed by atoms with Crippen LogP contribution in [-0.4, -0.2) is 34.2 Å². The number of rotatable bonds is 4. The largest absolute Gasteiger partial charge is 0.481 e. The summed E-state index contributed by atoms with van der Waals surface area (Å²) in [6.07, 6.45) is 4.18. The third kappa shape index (κ3) is 2.18. The summed E-state index contributed by atoms with van der Waals surface area (Å²) in [5, 5.41) is 12.0. The predicted molar refractivity (Wildman–Crippen MR) is 68.5 cm³/mol. The van der Waals surface area contributed by atoms with E-state index in [0.29, 0.717) is 0 Å². The Bertz CT molecular complexity index is 558. The van der Waals surface area contributed by atoms with Gasteiger partial charge in [-0.15, -0.1) is 0 Å². The van der Waals surface area contributed by atoms with Crippen LogP contribution in [0.4, 0.5) is 0 Å². The molecule has 1 saturated heterocycles. The van der Waals surface area contributed by atoms with E-state index >= 15 is 0 Å². The maximum atomic E-state index is 12.2. The molecule has 4 atom stereocenters. The number of hydrogen-bond donors (Lipinski definition) is 2. The van der Waals surface area contributed by atoms with Gasteiger partial charge in [0.1, 0.15) is 5.92 Å². The Balaban J connectivity index is 1.68. The number of amides is 1. The van der Waals surface area contributed by atoms with Gasteiger partial charge in [0.2, 0.25) is 5.91 Å². The molecule has 3 heterocycles. The highest BCUT2D eigenvalue weighted by Crippen LogP contribution is 2.39. The standard InChI is InChI=1S/C14H14N2O4/c17-13(16-7-8-3-1-2-6-15-8)11-9-4-5-10(20-9)12(11)14(18)19/h1-6,9-12H,7H2,(H,16,17)(H,18,19)/t9-,10-,11+,12+/m1/s1. The fourth-order valence-corrected chi connectivity index (χ4v) is 2.71. The van der Waals surface area contributed by atoms with Gasteiger partial charge in [-0.3, -0.25) is 14.6 Å². The molecule has 6 heteroatoms. The molecule has 0 radical (unpaired) electrons. The van der Waals surface area contributed by atoms with Crippen LogP contribution in [0.2, 0.25) is 0 Å². The number of hydrogen-bond acceptors (Lipinski definition) is 4. The number of aromatic nitrogens is 1. The summed E-state index contributed by atoms with van der Waals surface area (Å²) < 4.78 is 5.46. The molecule has 1 fully saturated rings. The van der Waals surface area contributed by atoms with Crippen LogP contribution in [0.5, 0.6) is 0 Å². The molecule has 2 bridgehead atoms. The van der Waals surface area contributed by atoms with Gasteiger partial charge in [0.05, 0.1) is 30.4 Å². The van der Waals surface area contributed by atoms with Crippen molar-refractivity contribution in [3.8, 4) is 0 Å². The summed E-state index contributed by atoms with van der Waals surface area (Å²) in [7, 11) is 0. The third-order valence-electron chi connectivity index (χ3n) is 3.66. The second-order valence-corrected chi connectivity index (χ2v) is 4.88. The van der Waals surface area contributed by atoms with Crippen molar-refractivity contribution >= 4 is 11.9 Å². The summed E-state index contributed by atoms with van der Waals surface area (Å²) in [6.45, 7) is 0.281. The second kappa shape index (κ2) is 5.05. The van der Waals surface area contributed by atoms with Gasteiger partial charge in [-0.05, 0) is 12.1 Å². The number of carbonyl (C=O) groups excluding carboxylic acids is 1. The fraction of sp³-hybridized carbons (Fsp3) is 0.357. The van der Waals surface area contributed by atoms with Crippen LogP contribution in [0.15, 0.2) is 36.5 Å². The smallest absolute Gasteiger partial charge is 0.310 e. The SMILES string of the molecule is O=C(O)[C@@H]1[C@@H](C(=O)NCc2ccccn2)[C@H]2C=C[C@H]1O2. The third-order valence-corrected chi connectivity index (χ3v) is 3.66. The number of fused-ring (bicyclic) bond motifs is 2. The lowest BCUT2D eigenvalue weighted by molar-refractivity contribution is -0.146. The number of nitrogens with one attached hydrogen (secondary N) is 1. The number of carbonyl (C=O) groups is 2. The maximum Gasteiger partial charge on any atom is 0.310 e. The summed E-state index contributed by atoms with van der Waals surface area (Å²) in [5.74, 6) is -2.79. The van der Waals surface area contributed by atoms with Crippen LogP contribution in [0.1, 0.15) is 5.69 Å². The Morgan fingerprint density at radius 2 is 2.00 bits per heavy atom. The molecule has 1 amide bonds. The van der Waals surface area contributed by atoms with E-state index in [4.69, 9.17) is 4.74 Å². The van der Waals surface area contributed by atoms with E-state index < -0.39 is 30.0 Å². The fourth-order valence-electron chi connectivity index (χ4n) is 2.71. The Kier molecular flexibility index (Phi) is 3.23. The van der Waals surface area contributed by atoms with Crippen molar-refractivity contribution in [1.29, 1.82) is 0 Å². The highest BCUT2D eigenvalue weighted by molar-refractivity contribution is 5.87. The normalized spacial score (nSPS) is 30.4. The van der Waals surface area contributed by atoms with Gasteiger partial charge in [0, 0.05) is 6.20 Å². The molecule has 104 valence electrons. The summed E-state index contributed by atoms with van der Waals surface area (Å²) >= 11 is 0. The zero-order chi connectivity index (χ0) is 14.1. The number of pyridine rings is 1. The summed E-state index contributed by atoms with van der Waals surface area (Å²) in [4.78, 5) is 27.6. The van der Waals surface area contributed by atoms with E-state index in [1.807, 2.05) is 6.07 Å². The van der Waals surface area contributed by atoms with Crippen LogP contribution in [0.3, 0.4) is 0 Å². The first-order chi connectivity index (χ1) is 9.66. The quantitative estimate of drug-likeness (QED) is 0.773. The zero-order valence-electron chi connectivity index (χ0n) is 10.6. The molecule has 0 saturated carbocycles. The molecule has 2 N–H and O–H groups in total. The number of ether oxygens (including phenoxy) is 1. The minimum atomic E-state index is -1.00. The minimum Gasteiger partial charge on any atom is -0.481 e. The Hall–Kier alpha value is -2.21. The van der Waals surface area contributed by atoms with E-state index in [1.54, 1.807) is 30.5 Å². The van der Waals surface area contributed by atoms with Crippen molar-refractivity contribution in [3.05, 3.63) is 42.2 Å². The Morgan fingerprint density at radius 1 is 1.25 bits per heavy atom. The first-order valence-electron chi connectivity index (χ1n) is 6.41. The van der Waals surface area contributed by atoms with E-state index in [-0.39, 0.29) is 12.5 Å². The average molecular weight is 274 g/mol. The molecule has 0 spiro atoms. The average Bonchev–Trinajstić information content (AvgIpc) is 3.06. The van der Waals surface area contributed by atoms with Gasteiger partial charge >= 0.3 is 5.97 Å². The van der Waals surface area contributed by atoms with Crippen molar-refractivity contribution in [3.63, 3.8) is 0 Å². The summed E-state index contributed by atoms with van der Waals surface area (Å²) in [6, 6.07) is 5.42. The van der Waals surface area contributed by atoms with Gasteiger partial charge in [0.15, 0.2) is 0 Å². The van der Waals surface area contributed by atoms with Gasteiger partial charge < -0.3 is 15.2 Å². The molecule has 1 aromatic heterocycles. The minimum absolute atomic E-state index is 0.281. The van der Waals surface area contributed by atoms with E-state index in [0.717, 1.165) is 5.69 Å². The van der Waals surface area contributed by atoms with Crippen molar-refractivity contribution < 1.29 is 19.4 Å². The lowest BCUT2D eigenvalue weighted by Gasteiger charge is -2.20. The maximum absolute atomic E-state index is 12.2. The van der Waals surface area contributed by atoms with E-state index in [1.165, 1.54) is 0 Å². The molecule has 2 aliphatic rings. The highest BCUT2D eigenvalue weighted by atomic mass is 16.5. The van der Waals surface area contributed by atoms with Gasteiger partial charge in [0.25, 0.3) is 0 Å². The number of carboxylic acids is 1. The van der Waals surface area contributed by atoms with E-state index in [9.17, 15) is 14.7 Å². The van der Waals surface area contributed by atoms with Gasteiger partial charge in [-0.1, -0.05) is 18.2 Å². The van der Waals surface area contributed by atoms with Gasteiger partial charge in [-0.25, -0.2) is 0 Å². The topological polar surface area (TPSA) is 88.5 Å². The zero-order valence-corrected chi connectivity index (χ0v) is 10.6. The molecule has 1 aromatic rings. The lowest BCUT2D eigenvalue weighted by atomic mass is 9.82. The first-order valence-corrected chi connectivity index (χ1v) is 6.41. The molecule has 6 nitrogen and oxygen atoms in total. The number of aliphatic carboxylic acids is 1. The van der Waals surface area contributed by atoms with Crippen LogP contribution < -0.4 is 5.32 Å². The van der Waals surface area contributed by atoms with Crippen molar-refractivity contribution in [1.82, 2.24) is 10.3 Å². The molecular weight excluding hydrogens is 260 g/mol. The Labute approximate surface area is 115 Å². The Morgan fingerprint density at radius 3 is 2.65 bits per heavy atom. The molecule has 0 aromatic carbocycles. The van der Waals surface area contributed by atoms with Crippen molar-refractivity contribution in [2.75, 3.05) is 0 Å². The van der Waals surface area contributed by atoms with Crippen LogP contribution >= 0.6 is 0 Å². The molecule has 0 aliphatic carbocycles. The van der Waals surface area contributed by atoms with Crippen LogP contribution in [0, 0.1) is 11.8 Å². The van der Waals surface area contributed by atoms with Crippen LogP contribution in [0.25, 0.3) is 0 Å². The lowest BCUT2D eigenvalue weighted by Crippen LogP contribution is -2.42. The van der Waals surface area contributed by atoms with Crippen molar-refractivity contribution in [2.24, 2.45) is 11.8 Å². The number of carboxylic acid groups (broad SMARTS) is 1. The van der Waals surface area contributed by atoms with Crippen molar-refractivity contribution in [2.45, 2.75) is 18.8 Å². The van der Waals surface area contributed by atoms with Crippen LogP contribution in [-0.2, 0) is 20.9 Å². The van der Waals surface area contributed by atoms with E-state index in [2.05, 4.69) is 10.3 Å². The molecular formula is C14H14N2O4. The predicted octanol–water partition coefficient (Wildman–Crippen LogP) is 0.352. The van der Waals surface area contributed by atoms with Gasteiger partial charge in [-0.2, -0.15) is 0 Å². The molecule has 2 aliphatic heterocycles. The molecule has 3 rings (SSSR count). The number of nitrogens with zero attached hydrogens (tertiary/aromatic N) is 1. The monoisotopic (exact) mass is 274 g/mol. The summed E-state index contributed by atoms with van der Waals surface area (Å²) in [5.41, 5.74) is 0.729. The molecule has 0 unspecified atom stereocenters. The second-order valence-electron chi connectivity index (χ2n) is 4.88. The highest BCUT2D eigenvalue weighted by Gasteiger charge is 2.53. The molecule has 20 heavy (non-hydrogen) atoms. The first kappa shape index (κ1) is 12.8.